The minimum Gasteiger partial charge on any atom is -0.375 e. The number of aromatic amines is 2. The smallest absolute Gasteiger partial charge is 0.271 e. The minimum atomic E-state index is -1.16. The number of hydrogen-bond acceptors (Lipinski definition) is 6. The predicted molar refractivity (Wildman–Crippen MR) is 211 cm³/mol. The summed E-state index contributed by atoms with van der Waals surface area (Å²) in [6, 6.07) is 15.6. The average Bonchev–Trinajstić information content (AvgIpc) is 3.45. The summed E-state index contributed by atoms with van der Waals surface area (Å²) in [4.78, 5) is 16.2. The number of nitrogens with one attached hydrogen (secondary N) is 6. The molecule has 4 aromatic carbocycles. The van der Waals surface area contributed by atoms with Gasteiger partial charge in [0, 0.05) is 24.1 Å². The third-order valence-corrected chi connectivity index (χ3v) is 8.02. The van der Waals surface area contributed by atoms with Gasteiger partial charge >= 0.3 is 0 Å². The summed E-state index contributed by atoms with van der Waals surface area (Å²) in [6.45, 7) is 3.71. The molecule has 0 fully saturated rings. The number of halogens is 6. The maximum absolute atomic E-state index is 14.3. The number of carbonyl (C=O) groups is 1. The number of nitrogens with zero attached hydrogens (tertiary/aromatic N) is 1. The first-order valence-corrected chi connectivity index (χ1v) is 16.3. The van der Waals surface area contributed by atoms with E-state index in [0.29, 0.717) is 22.8 Å². The Morgan fingerprint density at radius 2 is 1.29 bits per heavy atom. The number of anilines is 4. The van der Waals surface area contributed by atoms with Crippen LogP contribution in [0.15, 0.2) is 60.7 Å². The molecule has 49 heavy (non-hydrogen) atoms. The molecule has 0 saturated carbocycles. The fourth-order valence-corrected chi connectivity index (χ4v) is 5.61. The van der Waals surface area contributed by atoms with Crippen LogP contribution < -0.4 is 27.2 Å². The first-order chi connectivity index (χ1) is 22.2. The lowest BCUT2D eigenvalue weighted by molar-refractivity contribution is 0.0944. The van der Waals surface area contributed by atoms with Crippen molar-refractivity contribution in [1.29, 1.82) is 0 Å². The summed E-state index contributed by atoms with van der Waals surface area (Å²) < 4.78 is 58.1. The molecule has 1 aromatic heterocycles. The molecule has 0 aliphatic rings. The van der Waals surface area contributed by atoms with Gasteiger partial charge in [0.15, 0.2) is 34.2 Å². The molecule has 8 N–H and O–H groups in total. The number of rotatable bonds is 6. The Hall–Kier alpha value is -3.82. The van der Waals surface area contributed by atoms with Crippen molar-refractivity contribution in [2.45, 2.75) is 28.7 Å². The van der Waals surface area contributed by atoms with Gasteiger partial charge in [-0.3, -0.25) is 25.8 Å². The molecule has 9 nitrogen and oxygen atoms in total. The molecule has 17 heteroatoms. The fraction of sp³-hybridized carbons (Fsp3) is 0.125. The molecule has 0 unspecified atom stereocenters. The average molecular weight is 939 g/mol. The topological polar surface area (TPSA) is 136 Å². The molecule has 5 aromatic rings. The molecule has 5 rings (SSSR count). The van der Waals surface area contributed by atoms with Crippen LogP contribution in [0, 0.1) is 49.0 Å². The van der Waals surface area contributed by atoms with Crippen molar-refractivity contribution >= 4 is 103 Å². The number of aromatic nitrogens is 3. The monoisotopic (exact) mass is 938 g/mol. The van der Waals surface area contributed by atoms with E-state index >= 15 is 0 Å². The van der Waals surface area contributed by atoms with Crippen LogP contribution in [0.2, 0.25) is 0 Å². The molecule has 0 spiro atoms. The van der Waals surface area contributed by atoms with E-state index in [9.17, 15) is 22.4 Å². The quantitative estimate of drug-likeness (QED) is 0.0388. The van der Waals surface area contributed by atoms with E-state index in [2.05, 4.69) is 94.1 Å². The molecule has 0 aliphatic heterocycles. The zero-order chi connectivity index (χ0) is 34.4. The highest BCUT2D eigenvalue weighted by Gasteiger charge is 2.20. The fourth-order valence-electron chi connectivity index (χ4n) is 4.12. The maximum Gasteiger partial charge on any atom is 0.271 e. The van der Waals surface area contributed by atoms with Gasteiger partial charge in [-0.15, -0.1) is 0 Å². The molecule has 1 amide bonds. The Balaban J connectivity index is 0.000000327. The number of benzene rings is 4. The number of H-pyrrole nitrogens is 2. The van der Waals surface area contributed by atoms with Crippen LogP contribution in [0.4, 0.5) is 40.3 Å². The van der Waals surface area contributed by atoms with Gasteiger partial charge in [0.25, 0.3) is 5.91 Å². The van der Waals surface area contributed by atoms with Gasteiger partial charge < -0.3 is 16.4 Å². The van der Waals surface area contributed by atoms with Crippen molar-refractivity contribution in [3.8, 4) is 11.4 Å². The number of hydrazine groups is 1. The van der Waals surface area contributed by atoms with E-state index in [0.717, 1.165) is 30.4 Å². The number of carbonyl (C=O) groups excluding carboxylic acids is 1. The van der Waals surface area contributed by atoms with Crippen LogP contribution in [0.3, 0.4) is 0 Å². The Bertz CT molecular complexity index is 2040. The lowest BCUT2D eigenvalue weighted by Crippen LogP contribution is -2.44. The summed E-state index contributed by atoms with van der Waals surface area (Å²) in [5, 5.41) is 11.0. The standard InChI is InChI=1S/C15H13F2IN4OS.C15H11F2IN4S.2CH4/c1-7-6-8(18)2-5-11(7)20-13-9(3-4-10(16)12(13)17)14(23)21-22-15(19)24;1-7-6-8(18)2-5-11(7)19-13-9(3-4-10(16)12(13)17)14-20-15(23)22-21-14;;/h2-6,20H,1H3,(H,21,23)(H3,19,22,24);2-6,19H,1H3,(H2,20,21,22,23);2*1H4. The Labute approximate surface area is 318 Å². The van der Waals surface area contributed by atoms with Crippen molar-refractivity contribution in [3.63, 3.8) is 0 Å². The molecule has 0 atom stereocenters. The molecular formula is C32H32F4I2N8OS2. The summed E-state index contributed by atoms with van der Waals surface area (Å²) in [7, 11) is 0. The maximum atomic E-state index is 14.3. The zero-order valence-corrected chi connectivity index (χ0v) is 30.2. The van der Waals surface area contributed by atoms with Gasteiger partial charge in [0.2, 0.25) is 4.77 Å². The number of thiocarbonyl (C=S) groups is 1. The third kappa shape index (κ3) is 10.6. The molecule has 0 radical (unpaired) electrons. The lowest BCUT2D eigenvalue weighted by Gasteiger charge is -2.15. The lowest BCUT2D eigenvalue weighted by atomic mass is 10.1. The van der Waals surface area contributed by atoms with Crippen LogP contribution in [-0.4, -0.2) is 26.2 Å². The van der Waals surface area contributed by atoms with Crippen LogP contribution in [0.5, 0.6) is 0 Å². The van der Waals surface area contributed by atoms with Gasteiger partial charge in [-0.05, 0) is 155 Å². The Kier molecular flexibility index (Phi) is 15.4. The van der Waals surface area contributed by atoms with Gasteiger partial charge in [-0.25, -0.2) is 17.6 Å². The second kappa shape index (κ2) is 18.3. The molecule has 260 valence electrons. The van der Waals surface area contributed by atoms with E-state index in [-0.39, 0.29) is 41.7 Å². The van der Waals surface area contributed by atoms with Gasteiger partial charge in [0.05, 0.1) is 16.9 Å². The zero-order valence-electron chi connectivity index (χ0n) is 24.3. The van der Waals surface area contributed by atoms with Crippen molar-refractivity contribution in [2.24, 2.45) is 5.73 Å². The van der Waals surface area contributed by atoms with Crippen molar-refractivity contribution in [1.82, 2.24) is 26.0 Å². The van der Waals surface area contributed by atoms with Gasteiger partial charge in [-0.2, -0.15) is 4.98 Å². The van der Waals surface area contributed by atoms with Crippen LogP contribution >= 0.6 is 69.6 Å². The Morgan fingerprint density at radius 3 is 1.78 bits per heavy atom. The molecule has 0 bridgehead atoms. The van der Waals surface area contributed by atoms with E-state index in [4.69, 9.17) is 18.0 Å². The molecule has 1 heterocycles. The number of aryl methyl sites for hydroxylation is 2. The summed E-state index contributed by atoms with van der Waals surface area (Å²) in [6.07, 6.45) is 0. The molecular weight excluding hydrogens is 906 g/mol. The molecule has 0 aliphatic carbocycles. The highest BCUT2D eigenvalue weighted by molar-refractivity contribution is 14.1. The van der Waals surface area contributed by atoms with E-state index in [1.165, 1.54) is 12.1 Å². The Morgan fingerprint density at radius 1 is 0.776 bits per heavy atom. The highest BCUT2D eigenvalue weighted by atomic mass is 127. The van der Waals surface area contributed by atoms with Crippen molar-refractivity contribution in [2.75, 3.05) is 10.6 Å². The predicted octanol–water partition coefficient (Wildman–Crippen LogP) is 9.44. The van der Waals surface area contributed by atoms with Gasteiger partial charge in [0.1, 0.15) is 0 Å². The second-order valence-corrected chi connectivity index (χ2v) is 13.0. The second-order valence-electron chi connectivity index (χ2n) is 9.70. The highest BCUT2D eigenvalue weighted by Crippen LogP contribution is 2.33. The minimum absolute atomic E-state index is 0. The SMILES string of the molecule is C.C.Cc1cc(I)ccc1Nc1c(-c2nc(=S)[nH][nH]2)ccc(F)c1F.Cc1cc(I)ccc1Nc1c(C(=O)NNC(N)=S)ccc(F)c1F. The van der Waals surface area contributed by atoms with Crippen molar-refractivity contribution < 1.29 is 22.4 Å². The normalized spacial score (nSPS) is 10.0. The first-order valence-electron chi connectivity index (χ1n) is 13.3. The first kappa shape index (κ1) is 41.4. The van der Waals surface area contributed by atoms with E-state index in [1.54, 1.807) is 12.1 Å². The third-order valence-electron chi connectivity index (χ3n) is 6.39. The largest absolute Gasteiger partial charge is 0.375 e. The van der Waals surface area contributed by atoms with E-state index in [1.807, 2.05) is 38.1 Å². The van der Waals surface area contributed by atoms with E-state index < -0.39 is 29.2 Å². The summed E-state index contributed by atoms with van der Waals surface area (Å²) in [5.74, 6) is -4.52. The number of nitrogens with two attached hydrogens (primary N) is 1. The summed E-state index contributed by atoms with van der Waals surface area (Å²) in [5.41, 5.74) is 12.7. The molecule has 0 saturated heterocycles. The van der Waals surface area contributed by atoms with Crippen LogP contribution in [-0.2, 0) is 0 Å². The van der Waals surface area contributed by atoms with Crippen molar-refractivity contribution in [3.05, 3.63) is 113 Å². The van der Waals surface area contributed by atoms with Gasteiger partial charge in [-0.1, -0.05) is 14.9 Å². The van der Waals surface area contributed by atoms with Crippen LogP contribution in [0.25, 0.3) is 11.4 Å². The summed E-state index contributed by atoms with van der Waals surface area (Å²) >= 11 is 13.8. The number of hydrogen-bond donors (Lipinski definition) is 7. The number of amides is 1. The van der Waals surface area contributed by atoms with Crippen LogP contribution in [0.1, 0.15) is 36.3 Å².